The van der Waals surface area contributed by atoms with Crippen molar-refractivity contribution in [1.82, 2.24) is 19.7 Å². The summed E-state index contributed by atoms with van der Waals surface area (Å²) in [6.45, 7) is -1.31. The molecule has 0 atom stereocenters. The zero-order valence-corrected chi connectivity index (χ0v) is 14.2. The van der Waals surface area contributed by atoms with Crippen LogP contribution in [0.4, 0.5) is 18.0 Å². The van der Waals surface area contributed by atoms with Crippen LogP contribution in [0.1, 0.15) is 4.88 Å². The highest BCUT2D eigenvalue weighted by atomic mass is 79.9. The molecular weight excluding hydrogens is 417 g/mol. The summed E-state index contributed by atoms with van der Waals surface area (Å²) >= 11 is 4.22. The first-order valence-electron chi connectivity index (χ1n) is 6.33. The van der Waals surface area contributed by atoms with Crippen LogP contribution in [0.25, 0.3) is 0 Å². The molecule has 0 bridgehead atoms. The number of aromatic nitrogens is 3. The van der Waals surface area contributed by atoms with Crippen LogP contribution in [0, 0.1) is 5.82 Å². The largest absolute Gasteiger partial charge is 0.465 e. The number of carboxylic acid groups (broad SMARTS) is 1. The van der Waals surface area contributed by atoms with Crippen LogP contribution in [-0.4, -0.2) is 32.1 Å². The third kappa shape index (κ3) is 4.47. The van der Waals surface area contributed by atoms with E-state index in [-0.39, 0.29) is 11.4 Å². The quantitative estimate of drug-likeness (QED) is 0.742. The molecule has 2 N–H and O–H groups in total. The minimum absolute atomic E-state index is 0.0918. The van der Waals surface area contributed by atoms with Crippen molar-refractivity contribution in [3.63, 3.8) is 0 Å². The van der Waals surface area contributed by atoms with Gasteiger partial charge in [-0.25, -0.2) is 18.7 Å². The summed E-state index contributed by atoms with van der Waals surface area (Å²) in [6, 6.07) is 1.26. The molecule has 0 aromatic carbocycles. The summed E-state index contributed by atoms with van der Waals surface area (Å²) in [4.78, 5) is 22.8. The zero-order valence-electron chi connectivity index (χ0n) is 11.8. The van der Waals surface area contributed by atoms with Gasteiger partial charge < -0.3 is 10.4 Å². The van der Waals surface area contributed by atoms with Gasteiger partial charge in [-0.2, -0.15) is 13.9 Å². The molecule has 130 valence electrons. The summed E-state index contributed by atoms with van der Waals surface area (Å²) < 4.78 is 41.6. The minimum atomic E-state index is -2.10. The first kappa shape index (κ1) is 18.3. The second-order valence-electron chi connectivity index (χ2n) is 4.54. The maximum Gasteiger partial charge on any atom is 0.404 e. The average Bonchev–Trinajstić information content (AvgIpc) is 2.98. The predicted octanol–water partition coefficient (Wildman–Crippen LogP) is 2.47. The Hall–Kier alpha value is -2.08. The summed E-state index contributed by atoms with van der Waals surface area (Å²) in [5.41, 5.74) is -1.30. The molecular formula is C12H10BrF3N4O3S. The molecule has 2 aromatic heterocycles. The van der Waals surface area contributed by atoms with Gasteiger partial charge >= 0.3 is 11.8 Å². The van der Waals surface area contributed by atoms with E-state index in [9.17, 15) is 22.8 Å². The smallest absolute Gasteiger partial charge is 0.404 e. The lowest BCUT2D eigenvalue weighted by molar-refractivity contribution is 0.195. The molecule has 12 heteroatoms. The summed E-state index contributed by atoms with van der Waals surface area (Å²) in [5, 5.41) is 13.9. The van der Waals surface area contributed by atoms with Crippen LogP contribution in [0.2, 0.25) is 0 Å². The van der Waals surface area contributed by atoms with Gasteiger partial charge in [0.15, 0.2) is 0 Å². The Kier molecular flexibility index (Phi) is 5.83. The molecule has 0 fully saturated rings. The summed E-state index contributed by atoms with van der Waals surface area (Å²) in [7, 11) is 0. The molecule has 1 amide bonds. The normalized spacial score (nSPS) is 10.7. The molecule has 7 nitrogen and oxygen atoms in total. The van der Waals surface area contributed by atoms with Gasteiger partial charge in [0.1, 0.15) is 12.1 Å². The Morgan fingerprint density at radius 3 is 2.71 bits per heavy atom. The van der Waals surface area contributed by atoms with Crippen molar-refractivity contribution < 1.29 is 23.1 Å². The van der Waals surface area contributed by atoms with Gasteiger partial charge in [0.2, 0.25) is 0 Å². The minimum Gasteiger partial charge on any atom is -0.465 e. The fraction of sp³-hybridized carbons (Fsp3) is 0.250. The van der Waals surface area contributed by atoms with Gasteiger partial charge in [-0.1, -0.05) is 0 Å². The lowest BCUT2D eigenvalue weighted by Crippen LogP contribution is -2.29. The van der Waals surface area contributed by atoms with E-state index in [1.54, 1.807) is 5.32 Å². The van der Waals surface area contributed by atoms with E-state index in [1.165, 1.54) is 6.07 Å². The Morgan fingerprint density at radius 1 is 1.46 bits per heavy atom. The highest BCUT2D eigenvalue weighted by Crippen LogP contribution is 2.26. The highest BCUT2D eigenvalue weighted by Gasteiger charge is 2.15. The second kappa shape index (κ2) is 7.66. The van der Waals surface area contributed by atoms with E-state index in [2.05, 4.69) is 21.0 Å². The first-order chi connectivity index (χ1) is 11.3. The van der Waals surface area contributed by atoms with Crippen LogP contribution in [-0.2, 0) is 13.1 Å². The fourth-order valence-corrected chi connectivity index (χ4v) is 3.32. The van der Waals surface area contributed by atoms with Gasteiger partial charge in [-0.3, -0.25) is 4.57 Å². The van der Waals surface area contributed by atoms with E-state index in [0.29, 0.717) is 3.79 Å². The van der Waals surface area contributed by atoms with Crippen molar-refractivity contribution in [1.29, 1.82) is 0 Å². The average molecular weight is 427 g/mol. The molecule has 0 radical (unpaired) electrons. The summed E-state index contributed by atoms with van der Waals surface area (Å²) in [5.74, 6) is -0.493. The molecule has 0 aliphatic rings. The number of thiophene rings is 1. The Balaban J connectivity index is 2.17. The van der Waals surface area contributed by atoms with Crippen molar-refractivity contribution >= 4 is 33.4 Å². The van der Waals surface area contributed by atoms with Crippen LogP contribution < -0.4 is 11.0 Å². The third-order valence-electron chi connectivity index (χ3n) is 2.90. The molecule has 24 heavy (non-hydrogen) atoms. The Morgan fingerprint density at radius 2 is 2.17 bits per heavy atom. The van der Waals surface area contributed by atoms with Gasteiger partial charge in [0.25, 0.3) is 6.08 Å². The highest BCUT2D eigenvalue weighted by molar-refractivity contribution is 9.11. The monoisotopic (exact) mass is 426 g/mol. The van der Waals surface area contributed by atoms with Crippen molar-refractivity contribution in [3.8, 4) is 0 Å². The molecule has 2 aromatic rings. The number of halogens is 4. The lowest BCUT2D eigenvalue weighted by atomic mass is 10.3. The first-order valence-corrected chi connectivity index (χ1v) is 7.94. The van der Waals surface area contributed by atoms with Gasteiger partial charge in [-0.15, -0.1) is 11.3 Å². The third-order valence-corrected chi connectivity index (χ3v) is 4.50. The maximum absolute atomic E-state index is 13.6. The SMILES string of the molecule is O=C(O)NCC(Cn1ncn(Cc2sc(Br)cc2F)c1=O)=C(F)F. The van der Waals surface area contributed by atoms with E-state index >= 15 is 0 Å². The number of carbonyl (C=O) groups is 1. The molecule has 0 saturated heterocycles. The molecule has 0 saturated carbocycles. The Labute approximate surface area is 145 Å². The van der Waals surface area contributed by atoms with Gasteiger partial charge in [-0.05, 0) is 22.0 Å². The van der Waals surface area contributed by atoms with Crippen LogP contribution >= 0.6 is 27.3 Å². The van der Waals surface area contributed by atoms with E-state index in [0.717, 1.165) is 26.9 Å². The lowest BCUT2D eigenvalue weighted by Gasteiger charge is -2.05. The maximum atomic E-state index is 13.6. The number of amides is 1. The van der Waals surface area contributed by atoms with Crippen molar-refractivity contribution in [3.05, 3.63) is 49.0 Å². The molecule has 0 aliphatic carbocycles. The number of nitrogens with zero attached hydrogens (tertiary/aromatic N) is 3. The van der Waals surface area contributed by atoms with E-state index in [1.807, 2.05) is 0 Å². The van der Waals surface area contributed by atoms with Crippen LogP contribution in [0.3, 0.4) is 0 Å². The second-order valence-corrected chi connectivity index (χ2v) is 7.06. The van der Waals surface area contributed by atoms with E-state index in [4.69, 9.17) is 5.11 Å². The fourth-order valence-electron chi connectivity index (χ4n) is 1.77. The van der Waals surface area contributed by atoms with Crippen molar-refractivity contribution in [2.45, 2.75) is 13.1 Å². The Bertz CT molecular complexity index is 841. The topological polar surface area (TPSA) is 89.2 Å². The zero-order chi connectivity index (χ0) is 17.9. The number of nitrogens with one attached hydrogen (secondary N) is 1. The molecule has 2 heterocycles. The summed E-state index contributed by atoms with van der Waals surface area (Å²) in [6.07, 6.45) is -2.46. The van der Waals surface area contributed by atoms with Gasteiger partial charge in [0.05, 0.1) is 21.8 Å². The molecule has 0 spiro atoms. The molecule has 0 unspecified atom stereocenters. The molecule has 0 aliphatic heterocycles. The number of hydrogen-bond acceptors (Lipinski definition) is 4. The van der Waals surface area contributed by atoms with Crippen LogP contribution in [0.5, 0.6) is 0 Å². The van der Waals surface area contributed by atoms with Crippen LogP contribution in [0.15, 0.2) is 32.6 Å². The predicted molar refractivity (Wildman–Crippen MR) is 82.8 cm³/mol. The number of hydrogen-bond donors (Lipinski definition) is 2. The van der Waals surface area contributed by atoms with E-state index < -0.39 is 42.3 Å². The van der Waals surface area contributed by atoms with Gasteiger partial charge in [0, 0.05) is 12.1 Å². The standard InChI is InChI=1S/C12H10BrF3N4O3S/c13-9-1-7(14)8(24-9)4-19-5-18-20(12(19)23)3-6(10(15)16)2-17-11(21)22/h1,5,17H,2-4H2,(H,21,22). The molecule has 2 rings (SSSR count). The van der Waals surface area contributed by atoms with Crippen molar-refractivity contribution in [2.75, 3.05) is 6.54 Å². The van der Waals surface area contributed by atoms with Crippen molar-refractivity contribution in [2.24, 2.45) is 0 Å². The number of rotatable bonds is 6.